The maximum absolute atomic E-state index is 12.7. The third-order valence-corrected chi connectivity index (χ3v) is 4.30. The standard InChI is InChI=1S/C19H28N4O2/c1-13-8-9-16(21-12-13)23-10-6-7-14(23)18(24)22-17(25-5)11-15(20)19(2,3)4/h8-9,11-12,14,20H,6-7,10H2,1-5H3,(H,22,24)/b17-11-,20-15?/t14-/m0/s1. The Morgan fingerprint density at radius 1 is 1.44 bits per heavy atom. The number of aryl methyl sites for hydroxylation is 1. The van der Waals surface area contributed by atoms with Crippen molar-refractivity contribution in [1.29, 1.82) is 5.41 Å². The molecule has 0 aromatic carbocycles. The van der Waals surface area contributed by atoms with Crippen molar-refractivity contribution in [3.05, 3.63) is 35.9 Å². The van der Waals surface area contributed by atoms with Crippen molar-refractivity contribution in [2.45, 2.75) is 46.6 Å². The molecule has 0 radical (unpaired) electrons. The van der Waals surface area contributed by atoms with Crippen LogP contribution in [0.1, 0.15) is 39.2 Å². The number of rotatable bonds is 5. The fourth-order valence-corrected chi connectivity index (χ4v) is 2.64. The largest absolute Gasteiger partial charge is 0.482 e. The van der Waals surface area contributed by atoms with E-state index in [1.54, 1.807) is 6.08 Å². The lowest BCUT2D eigenvalue weighted by Crippen LogP contribution is -2.43. The molecule has 0 bridgehead atoms. The number of hydrogen-bond donors (Lipinski definition) is 2. The Morgan fingerprint density at radius 3 is 2.72 bits per heavy atom. The van der Waals surface area contributed by atoms with Crippen LogP contribution in [-0.4, -0.2) is 36.3 Å². The van der Waals surface area contributed by atoms with Gasteiger partial charge in [0.25, 0.3) is 0 Å². The molecule has 2 heterocycles. The number of carbonyl (C=O) groups excluding carboxylic acids is 1. The van der Waals surface area contributed by atoms with Gasteiger partial charge in [0, 0.05) is 29.9 Å². The number of anilines is 1. The van der Waals surface area contributed by atoms with Gasteiger partial charge in [-0.1, -0.05) is 26.8 Å². The summed E-state index contributed by atoms with van der Waals surface area (Å²) in [4.78, 5) is 19.2. The van der Waals surface area contributed by atoms with Crippen LogP contribution in [0.25, 0.3) is 0 Å². The highest BCUT2D eigenvalue weighted by atomic mass is 16.5. The Labute approximate surface area is 149 Å². The monoisotopic (exact) mass is 344 g/mol. The summed E-state index contributed by atoms with van der Waals surface area (Å²) in [6.07, 6.45) is 5.10. The van der Waals surface area contributed by atoms with E-state index in [2.05, 4.69) is 10.3 Å². The summed E-state index contributed by atoms with van der Waals surface area (Å²) < 4.78 is 5.26. The molecule has 6 heteroatoms. The number of allylic oxidation sites excluding steroid dienone is 1. The molecular formula is C19H28N4O2. The number of amides is 1. The zero-order valence-corrected chi connectivity index (χ0v) is 15.7. The fourth-order valence-electron chi connectivity index (χ4n) is 2.64. The van der Waals surface area contributed by atoms with E-state index in [1.807, 2.05) is 50.9 Å². The molecule has 1 atom stereocenters. The quantitative estimate of drug-likeness (QED) is 0.636. The van der Waals surface area contributed by atoms with Crippen LogP contribution >= 0.6 is 0 Å². The van der Waals surface area contributed by atoms with Crippen LogP contribution in [0.2, 0.25) is 0 Å². The normalized spacial score (nSPS) is 18.2. The molecule has 6 nitrogen and oxygen atoms in total. The molecule has 136 valence electrons. The van der Waals surface area contributed by atoms with E-state index in [0.717, 1.165) is 30.8 Å². The number of ether oxygens (including phenoxy) is 1. The van der Waals surface area contributed by atoms with Crippen LogP contribution < -0.4 is 10.2 Å². The number of nitrogens with one attached hydrogen (secondary N) is 2. The Kier molecular flexibility index (Phi) is 5.82. The van der Waals surface area contributed by atoms with Gasteiger partial charge in [0.1, 0.15) is 11.9 Å². The Morgan fingerprint density at radius 2 is 2.16 bits per heavy atom. The van der Waals surface area contributed by atoms with Crippen molar-refractivity contribution in [1.82, 2.24) is 10.3 Å². The second-order valence-corrected chi connectivity index (χ2v) is 7.41. The van der Waals surface area contributed by atoms with Gasteiger partial charge in [-0.2, -0.15) is 0 Å². The van der Waals surface area contributed by atoms with E-state index in [9.17, 15) is 4.79 Å². The van der Waals surface area contributed by atoms with Crippen molar-refractivity contribution in [3.63, 3.8) is 0 Å². The third kappa shape index (κ3) is 4.81. The van der Waals surface area contributed by atoms with Crippen LogP contribution in [-0.2, 0) is 9.53 Å². The molecule has 0 unspecified atom stereocenters. The van der Waals surface area contributed by atoms with Crippen molar-refractivity contribution in [2.75, 3.05) is 18.6 Å². The first kappa shape index (κ1) is 19.0. The van der Waals surface area contributed by atoms with Crippen molar-refractivity contribution < 1.29 is 9.53 Å². The molecule has 0 saturated carbocycles. The summed E-state index contributed by atoms with van der Waals surface area (Å²) in [7, 11) is 1.50. The van der Waals surface area contributed by atoms with E-state index in [1.165, 1.54) is 7.11 Å². The van der Waals surface area contributed by atoms with Gasteiger partial charge in [-0.3, -0.25) is 10.1 Å². The van der Waals surface area contributed by atoms with Crippen LogP contribution in [0.15, 0.2) is 30.3 Å². The minimum absolute atomic E-state index is 0.130. The molecule has 25 heavy (non-hydrogen) atoms. The lowest BCUT2D eigenvalue weighted by Gasteiger charge is -2.25. The van der Waals surface area contributed by atoms with Crippen LogP contribution in [0, 0.1) is 17.7 Å². The van der Waals surface area contributed by atoms with Crippen molar-refractivity contribution in [2.24, 2.45) is 5.41 Å². The van der Waals surface area contributed by atoms with Gasteiger partial charge in [-0.15, -0.1) is 0 Å². The number of nitrogens with zero attached hydrogens (tertiary/aromatic N) is 2. The lowest BCUT2D eigenvalue weighted by molar-refractivity contribution is -0.122. The second-order valence-electron chi connectivity index (χ2n) is 7.41. The van der Waals surface area contributed by atoms with E-state index < -0.39 is 0 Å². The average molecular weight is 344 g/mol. The van der Waals surface area contributed by atoms with Gasteiger partial charge in [-0.25, -0.2) is 4.98 Å². The predicted octanol–water partition coefficient (Wildman–Crippen LogP) is 3.03. The Balaban J connectivity index is 2.11. The average Bonchev–Trinajstić information content (AvgIpc) is 3.03. The van der Waals surface area contributed by atoms with Gasteiger partial charge < -0.3 is 15.0 Å². The van der Waals surface area contributed by atoms with Gasteiger partial charge in [0.05, 0.1) is 7.11 Å². The fraction of sp³-hybridized carbons (Fsp3) is 0.526. The first-order chi connectivity index (χ1) is 11.7. The number of methoxy groups -OCH3 is 1. The van der Waals surface area contributed by atoms with E-state index >= 15 is 0 Å². The highest BCUT2D eigenvalue weighted by Crippen LogP contribution is 2.24. The number of carbonyl (C=O) groups is 1. The molecule has 1 aliphatic rings. The molecule has 1 saturated heterocycles. The van der Waals surface area contributed by atoms with E-state index in [-0.39, 0.29) is 17.4 Å². The first-order valence-corrected chi connectivity index (χ1v) is 8.57. The summed E-state index contributed by atoms with van der Waals surface area (Å²) in [5, 5.41) is 10.9. The summed E-state index contributed by atoms with van der Waals surface area (Å²) in [5.74, 6) is 0.983. The Bertz CT molecular complexity index is 659. The second kappa shape index (κ2) is 7.68. The molecule has 1 aliphatic heterocycles. The van der Waals surface area contributed by atoms with Gasteiger partial charge >= 0.3 is 0 Å². The third-order valence-electron chi connectivity index (χ3n) is 4.30. The van der Waals surface area contributed by atoms with Crippen LogP contribution in [0.4, 0.5) is 5.82 Å². The maximum atomic E-state index is 12.7. The summed E-state index contributed by atoms with van der Waals surface area (Å²) in [5.41, 5.74) is 1.18. The van der Waals surface area contributed by atoms with Crippen molar-refractivity contribution in [3.8, 4) is 0 Å². The lowest BCUT2D eigenvalue weighted by atomic mass is 9.90. The molecule has 0 aliphatic carbocycles. The van der Waals surface area contributed by atoms with Crippen LogP contribution in [0.5, 0.6) is 0 Å². The molecule has 1 amide bonds. The van der Waals surface area contributed by atoms with Gasteiger partial charge in [-0.05, 0) is 31.4 Å². The summed E-state index contributed by atoms with van der Waals surface area (Å²) in [6.45, 7) is 8.64. The number of pyridine rings is 1. The zero-order chi connectivity index (χ0) is 18.6. The minimum Gasteiger partial charge on any atom is -0.482 e. The number of aromatic nitrogens is 1. The molecule has 0 spiro atoms. The smallest absolute Gasteiger partial charge is 0.249 e. The highest BCUT2D eigenvalue weighted by molar-refractivity contribution is 5.97. The number of hydrogen-bond acceptors (Lipinski definition) is 5. The minimum atomic E-state index is -0.306. The zero-order valence-electron chi connectivity index (χ0n) is 15.7. The van der Waals surface area contributed by atoms with E-state index in [0.29, 0.717) is 11.6 Å². The van der Waals surface area contributed by atoms with E-state index in [4.69, 9.17) is 10.1 Å². The summed E-state index contributed by atoms with van der Waals surface area (Å²) in [6, 6.07) is 3.67. The molecule has 2 N–H and O–H groups in total. The molecule has 1 fully saturated rings. The van der Waals surface area contributed by atoms with Gasteiger partial charge in [0.2, 0.25) is 5.91 Å². The SMILES string of the molecule is CO/C(=C\C(=N)C(C)(C)C)NC(=O)[C@@H]1CCCN1c1ccc(C)cn1. The molecule has 1 aromatic rings. The molecular weight excluding hydrogens is 316 g/mol. The van der Waals surface area contributed by atoms with Crippen molar-refractivity contribution >= 4 is 17.4 Å². The first-order valence-electron chi connectivity index (χ1n) is 8.57. The predicted molar refractivity (Wildman–Crippen MR) is 99.8 cm³/mol. The van der Waals surface area contributed by atoms with Crippen LogP contribution in [0.3, 0.4) is 0 Å². The Hall–Kier alpha value is -2.37. The van der Waals surface area contributed by atoms with Gasteiger partial charge in [0.15, 0.2) is 5.88 Å². The topological polar surface area (TPSA) is 78.3 Å². The maximum Gasteiger partial charge on any atom is 0.249 e. The molecule has 2 rings (SSSR count). The highest BCUT2D eigenvalue weighted by Gasteiger charge is 2.32. The summed E-state index contributed by atoms with van der Waals surface area (Å²) >= 11 is 0. The molecule has 1 aromatic heterocycles.